The first kappa shape index (κ1) is 48.7. The van der Waals surface area contributed by atoms with Crippen molar-refractivity contribution in [2.45, 2.75) is 71.4 Å². The summed E-state index contributed by atoms with van der Waals surface area (Å²) in [6, 6.07) is 51.0. The van der Waals surface area contributed by atoms with Gasteiger partial charge in [0.2, 0.25) is 0 Å². The summed E-state index contributed by atoms with van der Waals surface area (Å²) in [6.45, 7) is 3.18. The second kappa shape index (κ2) is 21.2. The Morgan fingerprint density at radius 1 is 0.390 bits per heavy atom. The normalized spacial score (nSPS) is 12.1. The van der Waals surface area contributed by atoms with Crippen LogP contribution in [0.2, 0.25) is 0 Å². The number of benzene rings is 5. The van der Waals surface area contributed by atoms with Gasteiger partial charge in [-0.1, -0.05) is 142 Å². The molecular weight excluding hydrogens is 957 g/mol. The molecule has 5 aromatic heterocycles. The minimum Gasteiger partial charge on any atom is -0.494 e. The molecule has 77 heavy (non-hydrogen) atoms. The van der Waals surface area contributed by atoms with Crippen LogP contribution in [-0.2, 0) is 13.1 Å². The van der Waals surface area contributed by atoms with Crippen molar-refractivity contribution in [3.8, 4) is 50.3 Å². The predicted octanol–water partition coefficient (Wildman–Crippen LogP) is 13.8. The molecule has 0 atom stereocenters. The van der Waals surface area contributed by atoms with E-state index in [0.29, 0.717) is 32.5 Å². The maximum Gasteiger partial charge on any atom is 0.261 e. The SMILES string of the molecule is CCCCn1c(=O)c2cc3c(=O)n(CCCCCCCCOc4ccc(-c5c6nc(c(-c7ccccc7)c7ccc([nH]7)c(-c7ccccc7)c7nc(c(-c8ccccc8)c8ccc5[nH]8)C=C7)C=C6)cc4)c(=O)c3cc2c1=O. The Morgan fingerprint density at radius 2 is 0.727 bits per heavy atom. The number of fused-ring (bicyclic) bond motifs is 10. The van der Waals surface area contributed by atoms with Crippen LogP contribution < -0.4 is 27.0 Å². The van der Waals surface area contributed by atoms with E-state index in [4.69, 9.17) is 14.7 Å². The van der Waals surface area contributed by atoms with Crippen LogP contribution in [0.15, 0.2) is 171 Å². The fourth-order valence-electron chi connectivity index (χ4n) is 11.0. The Bertz CT molecular complexity index is 4190. The molecule has 5 aromatic carbocycles. The number of H-pyrrole nitrogens is 2. The molecule has 0 aliphatic carbocycles. The monoisotopic (exact) mass is 1010 g/mol. The van der Waals surface area contributed by atoms with Gasteiger partial charge in [0.25, 0.3) is 22.2 Å². The third-order valence-corrected chi connectivity index (χ3v) is 14.9. The molecule has 0 amide bonds. The molecule has 0 radical (unpaired) electrons. The van der Waals surface area contributed by atoms with Crippen molar-refractivity contribution < 1.29 is 4.74 Å². The van der Waals surface area contributed by atoms with E-state index >= 15 is 0 Å². The molecule has 380 valence electrons. The van der Waals surface area contributed by atoms with Gasteiger partial charge in [-0.2, -0.15) is 0 Å². The molecule has 2 N–H and O–H groups in total. The van der Waals surface area contributed by atoms with Gasteiger partial charge < -0.3 is 14.7 Å². The molecule has 0 unspecified atom stereocenters. The molecule has 11 nitrogen and oxygen atoms in total. The molecule has 11 heteroatoms. The molecule has 0 saturated carbocycles. The van der Waals surface area contributed by atoms with E-state index in [1.165, 1.54) is 21.3 Å². The lowest BCUT2D eigenvalue weighted by Crippen LogP contribution is -2.26. The van der Waals surface area contributed by atoms with Crippen LogP contribution in [0.1, 0.15) is 81.1 Å². The van der Waals surface area contributed by atoms with Crippen LogP contribution in [0.3, 0.4) is 0 Å². The van der Waals surface area contributed by atoms with Crippen molar-refractivity contribution in [3.63, 3.8) is 0 Å². The highest BCUT2D eigenvalue weighted by molar-refractivity contribution is 6.01. The van der Waals surface area contributed by atoms with Crippen molar-refractivity contribution in [3.05, 3.63) is 216 Å². The number of nitrogens with one attached hydrogen (secondary N) is 2. The molecule has 10 aromatic rings. The van der Waals surface area contributed by atoms with Crippen molar-refractivity contribution in [2.75, 3.05) is 6.61 Å². The zero-order chi connectivity index (χ0) is 52.4. The Morgan fingerprint density at radius 3 is 1.10 bits per heavy atom. The van der Waals surface area contributed by atoms with Crippen molar-refractivity contribution in [2.24, 2.45) is 0 Å². The number of aromatic amines is 2. The first-order chi connectivity index (χ1) is 37.8. The summed E-state index contributed by atoms with van der Waals surface area (Å²) in [4.78, 5) is 71.1. The van der Waals surface area contributed by atoms with E-state index in [-0.39, 0.29) is 21.5 Å². The van der Waals surface area contributed by atoms with Crippen LogP contribution in [0.4, 0.5) is 0 Å². The molecule has 0 fully saturated rings. The first-order valence-corrected chi connectivity index (χ1v) is 26.8. The molecule has 0 spiro atoms. The van der Waals surface area contributed by atoms with E-state index in [2.05, 4.69) is 143 Å². The second-order valence-corrected chi connectivity index (χ2v) is 19.9. The van der Waals surface area contributed by atoms with Gasteiger partial charge in [0.05, 0.1) is 50.9 Å². The summed E-state index contributed by atoms with van der Waals surface area (Å²) in [5.41, 5.74) is 13.7. The number of rotatable bonds is 17. The lowest BCUT2D eigenvalue weighted by Gasteiger charge is -2.09. The average molecular weight is 1010 g/mol. The third kappa shape index (κ3) is 9.39. The average Bonchev–Trinajstić information content (AvgIpc) is 4.49. The van der Waals surface area contributed by atoms with Gasteiger partial charge in [-0.15, -0.1) is 0 Å². The summed E-state index contributed by atoms with van der Waals surface area (Å²) < 4.78 is 8.76. The van der Waals surface area contributed by atoms with Crippen LogP contribution in [0.5, 0.6) is 5.75 Å². The van der Waals surface area contributed by atoms with Gasteiger partial charge in [-0.3, -0.25) is 28.3 Å². The van der Waals surface area contributed by atoms with Gasteiger partial charge in [0.15, 0.2) is 0 Å². The minimum absolute atomic E-state index is 0.205. The van der Waals surface area contributed by atoms with Gasteiger partial charge in [-0.25, -0.2) is 9.97 Å². The van der Waals surface area contributed by atoms with Gasteiger partial charge in [-0.05, 0) is 114 Å². The Balaban J connectivity index is 0.789. The third-order valence-electron chi connectivity index (χ3n) is 14.9. The zero-order valence-corrected chi connectivity index (χ0v) is 42.9. The summed E-state index contributed by atoms with van der Waals surface area (Å²) in [6.07, 6.45) is 15.3. The van der Waals surface area contributed by atoms with E-state index in [1.807, 2.05) is 37.3 Å². The first-order valence-electron chi connectivity index (χ1n) is 26.8. The van der Waals surface area contributed by atoms with Crippen molar-refractivity contribution in [1.82, 2.24) is 29.1 Å². The molecule has 8 bridgehead atoms. The number of nitrogens with zero attached hydrogens (tertiary/aromatic N) is 4. The zero-order valence-electron chi connectivity index (χ0n) is 42.9. The largest absolute Gasteiger partial charge is 0.494 e. The van der Waals surface area contributed by atoms with Gasteiger partial charge >= 0.3 is 0 Å². The Kier molecular flexibility index (Phi) is 13.4. The maximum absolute atomic E-state index is 13.3. The summed E-state index contributed by atoms with van der Waals surface area (Å²) in [5.74, 6) is 0.784. The summed E-state index contributed by atoms with van der Waals surface area (Å²) in [7, 11) is 0. The van der Waals surface area contributed by atoms with Crippen LogP contribution >= 0.6 is 0 Å². The smallest absolute Gasteiger partial charge is 0.261 e. The number of ether oxygens (including phenoxy) is 1. The topological polar surface area (TPSA) is 145 Å². The summed E-state index contributed by atoms with van der Waals surface area (Å²) in [5, 5.41) is 0.823. The quantitative estimate of drug-likeness (QED) is 0.0864. The van der Waals surface area contributed by atoms with E-state index < -0.39 is 22.2 Å². The lowest BCUT2D eigenvalue weighted by atomic mass is 10.0. The predicted molar refractivity (Wildman–Crippen MR) is 314 cm³/mol. The lowest BCUT2D eigenvalue weighted by molar-refractivity contribution is 0.304. The molecule has 7 heterocycles. The van der Waals surface area contributed by atoms with Gasteiger partial charge in [0, 0.05) is 57.4 Å². The highest BCUT2D eigenvalue weighted by Crippen LogP contribution is 2.39. The summed E-state index contributed by atoms with van der Waals surface area (Å²) >= 11 is 0. The minimum atomic E-state index is -0.402. The molecular formula is C66H56N6O5. The van der Waals surface area contributed by atoms with Crippen molar-refractivity contribution >= 4 is 67.9 Å². The fraction of sp³-hybridized carbons (Fsp3) is 0.182. The maximum atomic E-state index is 13.3. The molecule has 12 rings (SSSR count). The fourth-order valence-corrected chi connectivity index (χ4v) is 11.0. The van der Waals surface area contributed by atoms with Crippen molar-refractivity contribution in [1.29, 1.82) is 0 Å². The highest BCUT2D eigenvalue weighted by Gasteiger charge is 2.21. The van der Waals surface area contributed by atoms with E-state index in [9.17, 15) is 19.2 Å². The van der Waals surface area contributed by atoms with Crippen LogP contribution in [0, 0.1) is 0 Å². The molecule has 2 aliphatic rings. The van der Waals surface area contributed by atoms with Gasteiger partial charge in [0.1, 0.15) is 5.75 Å². The Labute approximate surface area is 443 Å². The molecule has 0 saturated heterocycles. The Hall–Kier alpha value is -9.22. The standard InChI is InChI=1S/C66H56N6O5/c1-2-3-37-71-63(73)47-40-49-50(41-48(47)64(71)74)66(76)72(65(49)75)38-17-6-4-5-7-18-39-77-46-27-25-45(26-28-46)62-57-35-33-55(69-57)60(43-21-13-9-14-22-43)53-31-29-51(67-53)59(42-19-11-8-12-20-42)52-30-32-54(68-52)61(44-23-15-10-16-24-44)56-34-36-58(62)70-56/h8-16,19-36,40-41,67,70H,2-7,17-18,37-39H2,1H3. The number of hydrogen-bond donors (Lipinski definition) is 2. The van der Waals surface area contributed by atoms with E-state index in [1.54, 1.807) is 0 Å². The highest BCUT2D eigenvalue weighted by atomic mass is 16.5. The second-order valence-electron chi connectivity index (χ2n) is 19.9. The van der Waals surface area contributed by atoms with E-state index in [0.717, 1.165) is 134 Å². The number of unbranched alkanes of at least 4 members (excludes halogenated alkanes) is 6. The number of aromatic nitrogens is 6. The van der Waals surface area contributed by atoms with Crippen LogP contribution in [0.25, 0.3) is 112 Å². The molecule has 2 aliphatic heterocycles. The van der Waals surface area contributed by atoms with Crippen LogP contribution in [-0.4, -0.2) is 35.7 Å². The number of hydrogen-bond acceptors (Lipinski definition) is 7.